The molecular weight excluding hydrogens is 338 g/mol. The zero-order valence-electron chi connectivity index (χ0n) is 15.3. The van der Waals surface area contributed by atoms with Gasteiger partial charge in [-0.15, -0.1) is 0 Å². The van der Waals surface area contributed by atoms with Crippen LogP contribution in [-0.2, 0) is 20.0 Å². The second-order valence-corrected chi connectivity index (χ2v) is 6.23. The van der Waals surface area contributed by atoms with Crippen molar-refractivity contribution in [2.24, 2.45) is 12.0 Å². The van der Waals surface area contributed by atoms with E-state index in [-0.39, 0.29) is 0 Å². The minimum absolute atomic E-state index is 0.658. The average Bonchev–Trinajstić information content (AvgIpc) is 3.00. The first kappa shape index (κ1) is 19.1. The highest BCUT2D eigenvalue weighted by atomic mass is 35.5. The molecule has 2 aromatic rings. The van der Waals surface area contributed by atoms with Crippen LogP contribution in [0, 0.1) is 0 Å². The minimum Gasteiger partial charge on any atom is -0.497 e. The van der Waals surface area contributed by atoms with E-state index in [2.05, 4.69) is 22.2 Å². The smallest absolute Gasteiger partial charge is 0.193 e. The van der Waals surface area contributed by atoms with Crippen LogP contribution in [-0.4, -0.2) is 47.9 Å². The van der Waals surface area contributed by atoms with Gasteiger partial charge in [-0.05, 0) is 31.0 Å². The summed E-state index contributed by atoms with van der Waals surface area (Å²) in [6, 6.07) is 5.74. The summed E-state index contributed by atoms with van der Waals surface area (Å²) in [7, 11) is 5.58. The molecule has 0 atom stereocenters. The lowest BCUT2D eigenvalue weighted by Crippen LogP contribution is -2.38. The van der Waals surface area contributed by atoms with E-state index < -0.39 is 0 Å². The van der Waals surface area contributed by atoms with E-state index in [9.17, 15) is 0 Å². The number of hydrogen-bond donors (Lipinski definition) is 1. The van der Waals surface area contributed by atoms with Crippen molar-refractivity contribution in [2.75, 3.05) is 27.2 Å². The van der Waals surface area contributed by atoms with Gasteiger partial charge in [0.15, 0.2) is 5.96 Å². The highest BCUT2D eigenvalue weighted by molar-refractivity contribution is 6.31. The molecule has 0 spiro atoms. The Morgan fingerprint density at radius 2 is 2.24 bits per heavy atom. The fraction of sp³-hybridized carbons (Fsp3) is 0.444. The minimum atomic E-state index is 0.658. The maximum Gasteiger partial charge on any atom is 0.193 e. The van der Waals surface area contributed by atoms with E-state index in [4.69, 9.17) is 21.3 Å². The molecule has 1 aromatic carbocycles. The van der Waals surface area contributed by atoms with Crippen LogP contribution in [0.3, 0.4) is 0 Å². The van der Waals surface area contributed by atoms with Crippen molar-refractivity contribution in [3.8, 4) is 5.75 Å². The summed E-state index contributed by atoms with van der Waals surface area (Å²) >= 11 is 6.29. The summed E-state index contributed by atoms with van der Waals surface area (Å²) in [4.78, 5) is 6.80. The van der Waals surface area contributed by atoms with Crippen LogP contribution in [0.25, 0.3) is 0 Å². The summed E-state index contributed by atoms with van der Waals surface area (Å²) in [5.41, 5.74) is 2.21. The summed E-state index contributed by atoms with van der Waals surface area (Å²) in [5.74, 6) is 1.64. The largest absolute Gasteiger partial charge is 0.497 e. The molecule has 1 heterocycles. The van der Waals surface area contributed by atoms with Crippen LogP contribution in [0.15, 0.2) is 35.6 Å². The fourth-order valence-electron chi connectivity index (χ4n) is 2.51. The Kier molecular flexibility index (Phi) is 7.13. The van der Waals surface area contributed by atoms with Gasteiger partial charge in [-0.25, -0.2) is 0 Å². The summed E-state index contributed by atoms with van der Waals surface area (Å²) in [6.07, 6.45) is 4.66. The van der Waals surface area contributed by atoms with Crippen molar-refractivity contribution in [3.63, 3.8) is 0 Å². The number of aromatic nitrogens is 2. The van der Waals surface area contributed by atoms with Crippen molar-refractivity contribution in [3.05, 3.63) is 46.7 Å². The van der Waals surface area contributed by atoms with Gasteiger partial charge in [0.1, 0.15) is 5.75 Å². The molecule has 6 nitrogen and oxygen atoms in total. The van der Waals surface area contributed by atoms with Crippen LogP contribution < -0.4 is 10.1 Å². The second kappa shape index (κ2) is 9.32. The number of rotatable bonds is 7. The molecule has 1 aromatic heterocycles. The number of benzene rings is 1. The summed E-state index contributed by atoms with van der Waals surface area (Å²) in [6.45, 7) is 4.29. The number of aliphatic imine (C=N–C) groups is 1. The zero-order chi connectivity index (χ0) is 18.2. The van der Waals surface area contributed by atoms with Crippen molar-refractivity contribution in [2.45, 2.75) is 19.9 Å². The third kappa shape index (κ3) is 5.67. The van der Waals surface area contributed by atoms with Gasteiger partial charge in [-0.3, -0.25) is 9.67 Å². The van der Waals surface area contributed by atoms with Gasteiger partial charge in [0.25, 0.3) is 0 Å². The number of guanidine groups is 1. The third-order valence-electron chi connectivity index (χ3n) is 3.78. The first-order valence-corrected chi connectivity index (χ1v) is 8.70. The second-order valence-electron chi connectivity index (χ2n) is 5.82. The Morgan fingerprint density at radius 1 is 1.44 bits per heavy atom. The summed E-state index contributed by atoms with van der Waals surface area (Å²) < 4.78 is 6.98. The Labute approximate surface area is 154 Å². The predicted molar refractivity (Wildman–Crippen MR) is 102 cm³/mol. The molecule has 0 fully saturated rings. The lowest BCUT2D eigenvalue weighted by atomic mass is 10.1. The zero-order valence-corrected chi connectivity index (χ0v) is 16.0. The number of aryl methyl sites for hydroxylation is 1. The molecule has 7 heteroatoms. The van der Waals surface area contributed by atoms with Crippen molar-refractivity contribution < 1.29 is 4.74 Å². The molecule has 0 aliphatic heterocycles. The van der Waals surface area contributed by atoms with Crippen LogP contribution in [0.1, 0.15) is 18.1 Å². The molecule has 0 aliphatic rings. The fourth-order valence-corrected chi connectivity index (χ4v) is 2.78. The predicted octanol–water partition coefficient (Wildman–Crippen LogP) is 2.72. The van der Waals surface area contributed by atoms with E-state index >= 15 is 0 Å². The molecule has 0 radical (unpaired) electrons. The molecule has 1 N–H and O–H groups in total. The molecule has 0 bridgehead atoms. The molecule has 25 heavy (non-hydrogen) atoms. The Balaban J connectivity index is 1.98. The van der Waals surface area contributed by atoms with Crippen LogP contribution >= 0.6 is 11.6 Å². The van der Waals surface area contributed by atoms with Crippen LogP contribution in [0.4, 0.5) is 0 Å². The first-order chi connectivity index (χ1) is 12.0. The maximum atomic E-state index is 6.29. The van der Waals surface area contributed by atoms with E-state index in [0.717, 1.165) is 42.3 Å². The lowest BCUT2D eigenvalue weighted by Gasteiger charge is -2.21. The molecule has 136 valence electrons. The van der Waals surface area contributed by atoms with Gasteiger partial charge in [-0.1, -0.05) is 17.7 Å². The molecule has 0 saturated heterocycles. The van der Waals surface area contributed by atoms with Gasteiger partial charge in [-0.2, -0.15) is 5.10 Å². The van der Waals surface area contributed by atoms with Crippen molar-refractivity contribution in [1.82, 2.24) is 20.0 Å². The first-order valence-electron chi connectivity index (χ1n) is 8.32. The molecule has 0 aliphatic carbocycles. The molecule has 0 unspecified atom stereocenters. The quantitative estimate of drug-likeness (QED) is 0.607. The molecule has 0 amide bonds. The molecular formula is C18H26ClN5O. The normalized spacial score (nSPS) is 11.5. The maximum absolute atomic E-state index is 6.29. The van der Waals surface area contributed by atoms with Crippen LogP contribution in [0.5, 0.6) is 5.75 Å². The van der Waals surface area contributed by atoms with Gasteiger partial charge in [0.2, 0.25) is 0 Å². The Morgan fingerprint density at radius 3 is 2.84 bits per heavy atom. The number of methoxy groups -OCH3 is 1. The third-order valence-corrected chi connectivity index (χ3v) is 4.13. The van der Waals surface area contributed by atoms with E-state index in [1.807, 2.05) is 44.7 Å². The van der Waals surface area contributed by atoms with Crippen molar-refractivity contribution in [1.29, 1.82) is 0 Å². The average molecular weight is 364 g/mol. The lowest BCUT2D eigenvalue weighted by molar-refractivity contribution is 0.414. The Hall–Kier alpha value is -2.21. The van der Waals surface area contributed by atoms with E-state index in [1.54, 1.807) is 11.8 Å². The topological polar surface area (TPSA) is 54.7 Å². The number of hydrogen-bond acceptors (Lipinski definition) is 3. The van der Waals surface area contributed by atoms with Crippen LogP contribution in [0.2, 0.25) is 5.02 Å². The van der Waals surface area contributed by atoms with Crippen molar-refractivity contribution >= 4 is 17.6 Å². The number of ether oxygens (including phenoxy) is 1. The van der Waals surface area contributed by atoms with Gasteiger partial charge in [0.05, 0.1) is 13.3 Å². The highest BCUT2D eigenvalue weighted by Crippen LogP contribution is 2.22. The SMILES string of the molecule is CCNC(=NCCc1ccc(OC)cc1Cl)N(C)Cc1cnn(C)c1. The Bertz CT molecular complexity index is 713. The van der Waals surface area contributed by atoms with Gasteiger partial charge < -0.3 is 15.0 Å². The van der Waals surface area contributed by atoms with E-state index in [0.29, 0.717) is 11.6 Å². The highest BCUT2D eigenvalue weighted by Gasteiger charge is 2.08. The number of nitrogens with one attached hydrogen (secondary N) is 1. The summed E-state index contributed by atoms with van der Waals surface area (Å²) in [5, 5.41) is 8.24. The van der Waals surface area contributed by atoms with E-state index in [1.165, 1.54) is 0 Å². The molecule has 2 rings (SSSR count). The monoisotopic (exact) mass is 363 g/mol. The molecule has 0 saturated carbocycles. The number of nitrogens with zero attached hydrogens (tertiary/aromatic N) is 4. The number of halogens is 1. The standard InChI is InChI=1S/C18H26ClN5O/c1-5-20-18(23(2)12-14-11-22-24(3)13-14)21-9-8-15-6-7-16(25-4)10-17(15)19/h6-7,10-11,13H,5,8-9,12H2,1-4H3,(H,20,21). The van der Waals surface area contributed by atoms with Gasteiger partial charge >= 0.3 is 0 Å². The van der Waals surface area contributed by atoms with Gasteiger partial charge in [0, 0.05) is 50.5 Å².